The number of hydrogen-bond donors (Lipinski definition) is 0. The highest BCUT2D eigenvalue weighted by molar-refractivity contribution is 6.12. The van der Waals surface area contributed by atoms with Crippen LogP contribution in [0.5, 0.6) is 0 Å². The van der Waals surface area contributed by atoms with E-state index in [-0.39, 0.29) is 11.8 Å². The molecule has 4 nitrogen and oxygen atoms in total. The Morgan fingerprint density at radius 2 is 1.08 bits per heavy atom. The number of nitrogens with zero attached hydrogens (tertiary/aromatic N) is 3. The van der Waals surface area contributed by atoms with Crippen LogP contribution in [0.25, 0.3) is 78.6 Å². The summed E-state index contributed by atoms with van der Waals surface area (Å²) in [6.07, 6.45) is 11.1. The predicted molar refractivity (Wildman–Crippen MR) is 208 cm³/mol. The van der Waals surface area contributed by atoms with Gasteiger partial charge in [0.15, 0.2) is 17.5 Å². The molecule has 2 unspecified atom stereocenters. The van der Waals surface area contributed by atoms with Crippen LogP contribution in [0.3, 0.4) is 0 Å². The summed E-state index contributed by atoms with van der Waals surface area (Å²) in [5.74, 6) is 2.29. The largest absolute Gasteiger partial charge is 0.456 e. The van der Waals surface area contributed by atoms with Gasteiger partial charge in [-0.05, 0) is 57.7 Å². The van der Waals surface area contributed by atoms with Gasteiger partial charge in [0.25, 0.3) is 0 Å². The predicted octanol–water partition coefficient (Wildman–Crippen LogP) is 11.8. The van der Waals surface area contributed by atoms with E-state index in [0.29, 0.717) is 17.5 Å². The maximum Gasteiger partial charge on any atom is 0.164 e. The van der Waals surface area contributed by atoms with Crippen molar-refractivity contribution in [3.63, 3.8) is 0 Å². The molecule has 0 bridgehead atoms. The minimum atomic E-state index is 0.116. The molecule has 0 radical (unpaired) electrons. The number of aromatic nitrogens is 3. The minimum Gasteiger partial charge on any atom is -0.456 e. The van der Waals surface area contributed by atoms with Crippen molar-refractivity contribution in [1.82, 2.24) is 15.0 Å². The fraction of sp³-hybridized carbons (Fsp3) is 0.0426. The molecule has 4 heteroatoms. The molecule has 0 saturated heterocycles. The SMILES string of the molecule is C1=CC2C(c3nc(-c4ccccc4)nc(-c4cccc5oc6ccc(-c7ccc(-c8ccccc8)cc7)cc6c45)n3)=Cc3ccccc3C2C=C1. The first-order chi connectivity index (χ1) is 25.3. The number of benzene rings is 6. The van der Waals surface area contributed by atoms with Gasteiger partial charge in [-0.3, -0.25) is 0 Å². The Morgan fingerprint density at radius 1 is 0.451 bits per heavy atom. The van der Waals surface area contributed by atoms with Crippen molar-refractivity contribution >= 4 is 33.6 Å². The summed E-state index contributed by atoms with van der Waals surface area (Å²) >= 11 is 0. The lowest BCUT2D eigenvalue weighted by molar-refractivity contribution is 0.669. The van der Waals surface area contributed by atoms with Crippen LogP contribution in [-0.4, -0.2) is 15.0 Å². The summed E-state index contributed by atoms with van der Waals surface area (Å²) in [5, 5.41) is 2.02. The molecule has 0 aliphatic heterocycles. The zero-order chi connectivity index (χ0) is 33.7. The first-order valence-corrected chi connectivity index (χ1v) is 17.4. The Morgan fingerprint density at radius 3 is 1.88 bits per heavy atom. The fourth-order valence-electron chi connectivity index (χ4n) is 7.64. The summed E-state index contributed by atoms with van der Waals surface area (Å²) in [6, 6.07) is 50.6. The molecule has 2 aromatic heterocycles. The lowest BCUT2D eigenvalue weighted by atomic mass is 9.72. The summed E-state index contributed by atoms with van der Waals surface area (Å²) in [5.41, 5.74) is 11.8. The smallest absolute Gasteiger partial charge is 0.164 e. The van der Waals surface area contributed by atoms with Crippen molar-refractivity contribution in [3.05, 3.63) is 187 Å². The van der Waals surface area contributed by atoms with Gasteiger partial charge in [0.05, 0.1) is 0 Å². The third kappa shape index (κ3) is 5.12. The molecule has 10 rings (SSSR count). The van der Waals surface area contributed by atoms with E-state index in [2.05, 4.69) is 140 Å². The van der Waals surface area contributed by atoms with Crippen LogP contribution in [0, 0.1) is 5.92 Å². The van der Waals surface area contributed by atoms with Crippen molar-refractivity contribution in [2.45, 2.75) is 5.92 Å². The summed E-state index contributed by atoms with van der Waals surface area (Å²) in [4.78, 5) is 15.6. The summed E-state index contributed by atoms with van der Waals surface area (Å²) < 4.78 is 6.45. The van der Waals surface area contributed by atoms with Crippen molar-refractivity contribution in [1.29, 1.82) is 0 Å². The van der Waals surface area contributed by atoms with E-state index in [1.54, 1.807) is 0 Å². The second-order valence-corrected chi connectivity index (χ2v) is 13.2. The van der Waals surface area contributed by atoms with Crippen molar-refractivity contribution in [2.24, 2.45) is 5.92 Å². The summed E-state index contributed by atoms with van der Waals surface area (Å²) in [6.45, 7) is 0. The highest BCUT2D eigenvalue weighted by atomic mass is 16.3. The highest BCUT2D eigenvalue weighted by Crippen LogP contribution is 2.46. The molecule has 0 fully saturated rings. The van der Waals surface area contributed by atoms with E-state index in [1.165, 1.54) is 22.3 Å². The number of hydrogen-bond acceptors (Lipinski definition) is 4. The van der Waals surface area contributed by atoms with Gasteiger partial charge in [-0.1, -0.05) is 152 Å². The van der Waals surface area contributed by atoms with Crippen LogP contribution < -0.4 is 0 Å². The van der Waals surface area contributed by atoms with Gasteiger partial charge >= 0.3 is 0 Å². The Hall–Kier alpha value is -6.65. The molecular weight excluding hydrogens is 623 g/mol. The fourth-order valence-corrected chi connectivity index (χ4v) is 7.64. The Labute approximate surface area is 295 Å². The topological polar surface area (TPSA) is 51.8 Å². The lowest BCUT2D eigenvalue weighted by Crippen LogP contribution is -2.19. The van der Waals surface area contributed by atoms with Crippen molar-refractivity contribution in [3.8, 4) is 45.0 Å². The van der Waals surface area contributed by atoms with Crippen LogP contribution in [0.15, 0.2) is 174 Å². The third-order valence-corrected chi connectivity index (χ3v) is 10.1. The van der Waals surface area contributed by atoms with E-state index >= 15 is 0 Å². The maximum absolute atomic E-state index is 6.45. The second-order valence-electron chi connectivity index (χ2n) is 13.2. The maximum atomic E-state index is 6.45. The number of rotatable bonds is 5. The first kappa shape index (κ1) is 29.3. The van der Waals surface area contributed by atoms with Crippen molar-refractivity contribution < 1.29 is 4.42 Å². The number of fused-ring (bicyclic) bond motifs is 6. The Balaban J connectivity index is 1.14. The van der Waals surface area contributed by atoms with E-state index in [1.807, 2.05) is 36.4 Å². The van der Waals surface area contributed by atoms with Crippen LogP contribution in [0.2, 0.25) is 0 Å². The van der Waals surface area contributed by atoms with E-state index in [4.69, 9.17) is 19.4 Å². The molecule has 0 spiro atoms. The molecule has 0 N–H and O–H groups in total. The van der Waals surface area contributed by atoms with Gasteiger partial charge in [-0.2, -0.15) is 0 Å². The normalized spacial score (nSPS) is 16.2. The molecule has 2 aliphatic carbocycles. The lowest BCUT2D eigenvalue weighted by Gasteiger charge is -2.31. The molecule has 6 aromatic carbocycles. The molecule has 2 heterocycles. The minimum absolute atomic E-state index is 0.116. The van der Waals surface area contributed by atoms with Gasteiger partial charge < -0.3 is 4.42 Å². The second kappa shape index (κ2) is 12.0. The standard InChI is InChI=1S/C47H31N3O/c1-3-12-30(13-4-1)31-22-24-32(25-23-31)34-26-27-42-41(28-34)44-39(20-11-21-43(44)51-42)46-48-45(33-14-5-2-6-15-33)49-47(50-46)40-29-35-16-7-8-17-36(35)37-18-9-10-19-38(37)40/h1-29,37-38H. The molecule has 0 amide bonds. The quantitative estimate of drug-likeness (QED) is 0.185. The van der Waals surface area contributed by atoms with E-state index in [9.17, 15) is 0 Å². The summed E-state index contributed by atoms with van der Waals surface area (Å²) in [7, 11) is 0. The monoisotopic (exact) mass is 653 g/mol. The average molecular weight is 654 g/mol. The van der Waals surface area contributed by atoms with Crippen LogP contribution in [0.4, 0.5) is 0 Å². The third-order valence-electron chi connectivity index (χ3n) is 10.1. The number of allylic oxidation sites excluding steroid dienone is 5. The Kier molecular flexibility index (Phi) is 6.91. The molecule has 51 heavy (non-hydrogen) atoms. The Bertz CT molecular complexity index is 2690. The molecule has 8 aromatic rings. The highest BCUT2D eigenvalue weighted by Gasteiger charge is 2.32. The molecule has 0 saturated carbocycles. The molecular formula is C47H31N3O. The van der Waals surface area contributed by atoms with Gasteiger partial charge in [0, 0.05) is 39.3 Å². The van der Waals surface area contributed by atoms with Crippen LogP contribution in [-0.2, 0) is 0 Å². The average Bonchev–Trinajstić information content (AvgIpc) is 3.59. The van der Waals surface area contributed by atoms with E-state index in [0.717, 1.165) is 49.8 Å². The van der Waals surface area contributed by atoms with Crippen LogP contribution >= 0.6 is 0 Å². The number of furan rings is 1. The zero-order valence-electron chi connectivity index (χ0n) is 27.6. The van der Waals surface area contributed by atoms with E-state index < -0.39 is 0 Å². The van der Waals surface area contributed by atoms with Gasteiger partial charge in [0.1, 0.15) is 11.2 Å². The van der Waals surface area contributed by atoms with Gasteiger partial charge in [-0.25, -0.2) is 15.0 Å². The molecule has 2 atom stereocenters. The molecule has 240 valence electrons. The molecule has 2 aliphatic rings. The zero-order valence-corrected chi connectivity index (χ0v) is 27.6. The van der Waals surface area contributed by atoms with Crippen LogP contribution in [0.1, 0.15) is 22.9 Å². The van der Waals surface area contributed by atoms with Gasteiger partial charge in [0.2, 0.25) is 0 Å². The van der Waals surface area contributed by atoms with Crippen molar-refractivity contribution in [2.75, 3.05) is 0 Å². The first-order valence-electron chi connectivity index (χ1n) is 17.4. The van der Waals surface area contributed by atoms with Gasteiger partial charge in [-0.15, -0.1) is 0 Å².